The van der Waals surface area contributed by atoms with Gasteiger partial charge in [0, 0.05) is 36.4 Å². The quantitative estimate of drug-likeness (QED) is 0.849. The number of carbonyl (C=O) groups is 1. The van der Waals surface area contributed by atoms with E-state index in [1.54, 1.807) is 4.90 Å². The van der Waals surface area contributed by atoms with Gasteiger partial charge in [-0.25, -0.2) is 4.79 Å². The Kier molecular flexibility index (Phi) is 5.67. The molecule has 0 spiro atoms. The molecule has 1 N–H and O–H groups in total. The van der Waals surface area contributed by atoms with E-state index in [0.717, 1.165) is 38.8 Å². The third-order valence-corrected chi connectivity index (χ3v) is 6.96. The van der Waals surface area contributed by atoms with Crippen LogP contribution >= 0.6 is 0 Å². The highest BCUT2D eigenvalue weighted by atomic mass is 16.4. The number of piperidine rings is 1. The fourth-order valence-corrected chi connectivity index (χ4v) is 5.26. The molecule has 1 aromatic heterocycles. The van der Waals surface area contributed by atoms with E-state index in [-0.39, 0.29) is 6.04 Å². The Hall–Kier alpha value is -1.62. The van der Waals surface area contributed by atoms with Crippen LogP contribution in [0.1, 0.15) is 81.4 Å². The Morgan fingerprint density at radius 3 is 2.59 bits per heavy atom. The van der Waals surface area contributed by atoms with Crippen LogP contribution in [0.3, 0.4) is 0 Å². The lowest BCUT2D eigenvalue weighted by molar-refractivity contribution is 0.106. The number of hydrogen-bond donors (Lipinski definition) is 1. The van der Waals surface area contributed by atoms with Gasteiger partial charge in [0.2, 0.25) is 0 Å². The van der Waals surface area contributed by atoms with Gasteiger partial charge < -0.3 is 14.9 Å². The molecular weight excluding hydrogens is 338 g/mol. The zero-order chi connectivity index (χ0) is 18.8. The molecule has 5 nitrogen and oxygen atoms in total. The van der Waals surface area contributed by atoms with Gasteiger partial charge in [-0.15, -0.1) is 0 Å². The molecule has 1 amide bonds. The van der Waals surface area contributed by atoms with Crippen molar-refractivity contribution in [3.8, 4) is 0 Å². The summed E-state index contributed by atoms with van der Waals surface area (Å²) in [6, 6.07) is 5.12. The second kappa shape index (κ2) is 8.17. The zero-order valence-corrected chi connectivity index (χ0v) is 16.5. The Morgan fingerprint density at radius 1 is 1.15 bits per heavy atom. The average molecular weight is 372 g/mol. The van der Waals surface area contributed by atoms with Gasteiger partial charge in [0.25, 0.3) is 0 Å². The molecule has 2 unspecified atom stereocenters. The standard InChI is InChI=1S/C22H33N3O2/c1-2-18-15-19(5-4-12-25(18)22(26)27)24-13-9-16(10-14-24)20-6-3-11-23-21(20)17-7-8-17/h3,6,11,16-19H,2,4-5,7-10,12-15H2,1H3,(H,26,27). The minimum absolute atomic E-state index is 0.174. The van der Waals surface area contributed by atoms with E-state index in [0.29, 0.717) is 24.4 Å². The zero-order valence-electron chi connectivity index (χ0n) is 16.5. The number of hydrogen-bond acceptors (Lipinski definition) is 3. The monoisotopic (exact) mass is 371 g/mol. The summed E-state index contributed by atoms with van der Waals surface area (Å²) in [5, 5.41) is 9.50. The van der Waals surface area contributed by atoms with Crippen molar-refractivity contribution in [2.24, 2.45) is 0 Å². The smallest absolute Gasteiger partial charge is 0.407 e. The Morgan fingerprint density at radius 2 is 1.93 bits per heavy atom. The third kappa shape index (κ3) is 4.13. The molecule has 27 heavy (non-hydrogen) atoms. The lowest BCUT2D eigenvalue weighted by Crippen LogP contribution is -2.44. The normalized spacial score (nSPS) is 28.1. The molecule has 3 heterocycles. The van der Waals surface area contributed by atoms with Crippen LogP contribution in [0.4, 0.5) is 4.79 Å². The molecular formula is C22H33N3O2. The summed E-state index contributed by atoms with van der Waals surface area (Å²) >= 11 is 0. The minimum atomic E-state index is -0.745. The fraction of sp³-hybridized carbons (Fsp3) is 0.727. The first-order valence-corrected chi connectivity index (χ1v) is 10.9. The summed E-state index contributed by atoms with van der Waals surface area (Å²) in [6.45, 7) is 5.09. The maximum Gasteiger partial charge on any atom is 0.407 e. The average Bonchev–Trinajstić information content (AvgIpc) is 3.54. The Labute approximate surface area is 162 Å². The summed E-state index contributed by atoms with van der Waals surface area (Å²) in [5.41, 5.74) is 2.87. The molecule has 4 rings (SSSR count). The molecule has 2 saturated heterocycles. The molecule has 3 aliphatic rings. The highest BCUT2D eigenvalue weighted by molar-refractivity contribution is 5.65. The molecule has 1 aromatic rings. The first-order valence-electron chi connectivity index (χ1n) is 10.9. The van der Waals surface area contributed by atoms with Crippen molar-refractivity contribution in [2.45, 2.75) is 82.2 Å². The van der Waals surface area contributed by atoms with Crippen LogP contribution in [0.5, 0.6) is 0 Å². The van der Waals surface area contributed by atoms with Crippen molar-refractivity contribution in [3.05, 3.63) is 29.6 Å². The molecule has 3 fully saturated rings. The molecule has 2 aliphatic heterocycles. The fourth-order valence-electron chi connectivity index (χ4n) is 5.26. The highest BCUT2D eigenvalue weighted by Crippen LogP contribution is 2.44. The SMILES string of the molecule is CCC1CC(N2CCC(c3cccnc3C3CC3)CC2)CCCN1C(=O)O. The molecule has 1 saturated carbocycles. The molecule has 1 aliphatic carbocycles. The van der Waals surface area contributed by atoms with Crippen molar-refractivity contribution >= 4 is 6.09 Å². The van der Waals surface area contributed by atoms with Gasteiger partial charge in [-0.2, -0.15) is 0 Å². The van der Waals surface area contributed by atoms with Crippen molar-refractivity contribution in [3.63, 3.8) is 0 Å². The number of amides is 1. The Bertz CT molecular complexity index is 653. The van der Waals surface area contributed by atoms with Gasteiger partial charge >= 0.3 is 6.09 Å². The largest absolute Gasteiger partial charge is 0.465 e. The second-order valence-electron chi connectivity index (χ2n) is 8.63. The van der Waals surface area contributed by atoms with E-state index in [1.165, 1.54) is 36.9 Å². The minimum Gasteiger partial charge on any atom is -0.465 e. The lowest BCUT2D eigenvalue weighted by atomic mass is 9.86. The summed E-state index contributed by atoms with van der Waals surface area (Å²) < 4.78 is 0. The predicted octanol–water partition coefficient (Wildman–Crippen LogP) is 4.45. The molecule has 0 aromatic carbocycles. The van der Waals surface area contributed by atoms with Crippen molar-refractivity contribution in [1.29, 1.82) is 0 Å². The number of nitrogens with zero attached hydrogens (tertiary/aromatic N) is 3. The highest BCUT2D eigenvalue weighted by Gasteiger charge is 2.34. The van der Waals surface area contributed by atoms with Gasteiger partial charge in [0.05, 0.1) is 0 Å². The molecule has 148 valence electrons. The number of carboxylic acid groups (broad SMARTS) is 1. The lowest BCUT2D eigenvalue weighted by Gasteiger charge is -2.39. The van der Waals surface area contributed by atoms with E-state index in [1.807, 2.05) is 6.20 Å². The van der Waals surface area contributed by atoms with E-state index in [9.17, 15) is 9.90 Å². The Balaban J connectivity index is 1.38. The first kappa shape index (κ1) is 18.7. The van der Waals surface area contributed by atoms with Crippen molar-refractivity contribution in [2.75, 3.05) is 19.6 Å². The first-order chi connectivity index (χ1) is 13.2. The van der Waals surface area contributed by atoms with Crippen LogP contribution < -0.4 is 0 Å². The molecule has 2 atom stereocenters. The van der Waals surface area contributed by atoms with E-state index < -0.39 is 6.09 Å². The summed E-state index contributed by atoms with van der Waals surface area (Å²) in [5.74, 6) is 1.36. The van der Waals surface area contributed by atoms with Crippen LogP contribution in [-0.4, -0.2) is 57.7 Å². The molecule has 0 bridgehead atoms. The molecule has 5 heteroatoms. The van der Waals surface area contributed by atoms with Gasteiger partial charge in [-0.05, 0) is 82.0 Å². The number of rotatable bonds is 4. The van der Waals surface area contributed by atoms with Crippen molar-refractivity contribution in [1.82, 2.24) is 14.8 Å². The summed E-state index contributed by atoms with van der Waals surface area (Å²) in [7, 11) is 0. The van der Waals surface area contributed by atoms with Crippen LogP contribution in [-0.2, 0) is 0 Å². The third-order valence-electron chi connectivity index (χ3n) is 6.96. The predicted molar refractivity (Wildman–Crippen MR) is 106 cm³/mol. The molecule has 0 radical (unpaired) electrons. The maximum atomic E-state index is 11.6. The summed E-state index contributed by atoms with van der Waals surface area (Å²) in [6.07, 6.45) is 10.3. The van der Waals surface area contributed by atoms with Gasteiger partial charge in [0.15, 0.2) is 0 Å². The number of likely N-dealkylation sites (tertiary alicyclic amines) is 2. The van der Waals surface area contributed by atoms with Crippen molar-refractivity contribution < 1.29 is 9.90 Å². The van der Waals surface area contributed by atoms with Gasteiger partial charge in [-0.1, -0.05) is 13.0 Å². The van der Waals surface area contributed by atoms with Crippen LogP contribution in [0, 0.1) is 0 Å². The van der Waals surface area contributed by atoms with Crippen LogP contribution in [0.2, 0.25) is 0 Å². The van der Waals surface area contributed by atoms with E-state index >= 15 is 0 Å². The van der Waals surface area contributed by atoms with Crippen LogP contribution in [0.25, 0.3) is 0 Å². The topological polar surface area (TPSA) is 56.7 Å². The number of pyridine rings is 1. The maximum absolute atomic E-state index is 11.6. The van der Waals surface area contributed by atoms with E-state index in [2.05, 4.69) is 24.0 Å². The second-order valence-corrected chi connectivity index (χ2v) is 8.63. The summed E-state index contributed by atoms with van der Waals surface area (Å²) in [4.78, 5) is 20.6. The number of aromatic nitrogens is 1. The van der Waals surface area contributed by atoms with Crippen LogP contribution in [0.15, 0.2) is 18.3 Å². The van der Waals surface area contributed by atoms with Gasteiger partial charge in [-0.3, -0.25) is 4.98 Å². The van der Waals surface area contributed by atoms with E-state index in [4.69, 9.17) is 4.98 Å². The van der Waals surface area contributed by atoms with Gasteiger partial charge in [0.1, 0.15) is 0 Å².